The number of nitrogens with one attached hydrogen (secondary N) is 1. The molecule has 2 atom stereocenters. The number of fused-ring (bicyclic) bond motifs is 1. The molecule has 0 bridgehead atoms. The molecule has 28 heavy (non-hydrogen) atoms. The number of allylic oxidation sites excluding steroid dienone is 4. The van der Waals surface area contributed by atoms with Gasteiger partial charge < -0.3 is 9.72 Å². The molecule has 2 aromatic rings. The van der Waals surface area contributed by atoms with Crippen LogP contribution in [0.3, 0.4) is 0 Å². The van der Waals surface area contributed by atoms with Crippen molar-refractivity contribution in [3.63, 3.8) is 0 Å². The van der Waals surface area contributed by atoms with Gasteiger partial charge in [0, 0.05) is 43.3 Å². The topological polar surface area (TPSA) is 28.3 Å². The van der Waals surface area contributed by atoms with E-state index in [9.17, 15) is 4.39 Å². The summed E-state index contributed by atoms with van der Waals surface area (Å²) < 4.78 is 19.2. The fourth-order valence-electron chi connectivity index (χ4n) is 4.31. The second kappa shape index (κ2) is 8.89. The summed E-state index contributed by atoms with van der Waals surface area (Å²) >= 11 is 0. The first-order valence-electron chi connectivity index (χ1n) is 9.94. The minimum Gasteiger partial charge on any atom is -0.381 e. The highest BCUT2D eigenvalue weighted by Gasteiger charge is 2.30. The largest absolute Gasteiger partial charge is 0.381 e. The molecule has 2 heterocycles. The van der Waals surface area contributed by atoms with Crippen LogP contribution in [0.1, 0.15) is 36.5 Å². The van der Waals surface area contributed by atoms with Gasteiger partial charge in [-0.2, -0.15) is 0 Å². The molecule has 2 unspecified atom stereocenters. The van der Waals surface area contributed by atoms with Crippen molar-refractivity contribution in [2.24, 2.45) is 0 Å². The van der Waals surface area contributed by atoms with E-state index in [2.05, 4.69) is 49.4 Å². The molecule has 0 amide bonds. The van der Waals surface area contributed by atoms with E-state index in [1.54, 1.807) is 7.11 Å². The summed E-state index contributed by atoms with van der Waals surface area (Å²) in [4.78, 5) is 5.88. The molecule has 4 heteroatoms. The third kappa shape index (κ3) is 4.29. The van der Waals surface area contributed by atoms with Crippen LogP contribution in [0.15, 0.2) is 54.5 Å². The van der Waals surface area contributed by atoms with Crippen LogP contribution in [0, 0.1) is 13.8 Å². The van der Waals surface area contributed by atoms with Crippen LogP contribution in [0.2, 0.25) is 0 Å². The summed E-state index contributed by atoms with van der Waals surface area (Å²) in [6, 6.07) is 4.66. The van der Waals surface area contributed by atoms with Gasteiger partial charge in [-0.15, -0.1) is 0 Å². The SMILES string of the molecule is C=C/C(F)=C\C=C(/C)C1CC(OC)CCN1Cc1c(C)cc(C)c2[nH]ccc12. The summed E-state index contributed by atoms with van der Waals surface area (Å²) in [5.74, 6) is -0.312. The van der Waals surface area contributed by atoms with Crippen molar-refractivity contribution < 1.29 is 9.13 Å². The van der Waals surface area contributed by atoms with E-state index < -0.39 is 0 Å². The number of aryl methyl sites for hydroxylation is 2. The van der Waals surface area contributed by atoms with Crippen LogP contribution < -0.4 is 0 Å². The average Bonchev–Trinajstić information content (AvgIpc) is 3.19. The van der Waals surface area contributed by atoms with Crippen molar-refractivity contribution in [3.8, 4) is 0 Å². The molecular weight excluding hydrogens is 351 g/mol. The zero-order chi connectivity index (χ0) is 20.3. The molecule has 0 radical (unpaired) electrons. The molecule has 0 spiro atoms. The molecule has 3 nitrogen and oxygen atoms in total. The molecule has 1 fully saturated rings. The van der Waals surface area contributed by atoms with Gasteiger partial charge in [0.05, 0.1) is 6.10 Å². The maximum absolute atomic E-state index is 13.5. The number of nitrogens with zero attached hydrogens (tertiary/aromatic N) is 1. The van der Waals surface area contributed by atoms with Crippen LogP contribution in [0.25, 0.3) is 10.9 Å². The van der Waals surface area contributed by atoms with Gasteiger partial charge in [0.1, 0.15) is 5.83 Å². The van der Waals surface area contributed by atoms with Crippen molar-refractivity contribution in [2.45, 2.75) is 52.3 Å². The minimum atomic E-state index is -0.312. The van der Waals surface area contributed by atoms with Gasteiger partial charge in [0.25, 0.3) is 0 Å². The second-order valence-corrected chi connectivity index (χ2v) is 7.79. The Morgan fingerprint density at radius 3 is 2.86 bits per heavy atom. The predicted molar refractivity (Wildman–Crippen MR) is 115 cm³/mol. The monoisotopic (exact) mass is 382 g/mol. The first kappa shape index (κ1) is 20.6. The smallest absolute Gasteiger partial charge is 0.122 e. The number of H-pyrrole nitrogens is 1. The first-order valence-corrected chi connectivity index (χ1v) is 9.94. The lowest BCUT2D eigenvalue weighted by Crippen LogP contribution is -2.45. The Morgan fingerprint density at radius 2 is 2.14 bits per heavy atom. The van der Waals surface area contributed by atoms with E-state index in [1.165, 1.54) is 39.7 Å². The van der Waals surface area contributed by atoms with E-state index in [-0.39, 0.29) is 18.0 Å². The Hall–Kier alpha value is -2.17. The van der Waals surface area contributed by atoms with Crippen molar-refractivity contribution in [3.05, 3.63) is 71.2 Å². The van der Waals surface area contributed by atoms with Crippen LogP contribution in [-0.2, 0) is 11.3 Å². The Bertz CT molecular complexity index is 909. The molecule has 1 aromatic heterocycles. The quantitative estimate of drug-likeness (QED) is 0.644. The standard InChI is InChI=1S/C24H31FN2O/c1-6-19(25)8-7-16(2)23-14-20(28-5)10-12-27(23)15-22-17(3)13-18(4)24-21(22)9-11-26-24/h6-9,11,13,20,23,26H,1,10,12,14-15H2,2-5H3/b16-7+,19-8+. The number of likely N-dealkylation sites (tertiary alicyclic amines) is 1. The van der Waals surface area contributed by atoms with E-state index in [0.29, 0.717) is 0 Å². The third-order valence-electron chi connectivity index (χ3n) is 5.96. The highest BCUT2D eigenvalue weighted by atomic mass is 19.1. The molecule has 0 aliphatic carbocycles. The van der Waals surface area contributed by atoms with Gasteiger partial charge in [-0.25, -0.2) is 4.39 Å². The summed E-state index contributed by atoms with van der Waals surface area (Å²) in [7, 11) is 1.78. The highest BCUT2D eigenvalue weighted by molar-refractivity contribution is 5.86. The number of hydrogen-bond acceptors (Lipinski definition) is 2. The number of benzene rings is 1. The van der Waals surface area contributed by atoms with Crippen LogP contribution in [0.5, 0.6) is 0 Å². The molecular formula is C24H31FN2O. The van der Waals surface area contributed by atoms with E-state index >= 15 is 0 Å². The lowest BCUT2D eigenvalue weighted by molar-refractivity contribution is 0.0177. The first-order chi connectivity index (χ1) is 13.4. The second-order valence-electron chi connectivity index (χ2n) is 7.79. The van der Waals surface area contributed by atoms with Gasteiger partial charge in [0.15, 0.2) is 0 Å². The van der Waals surface area contributed by atoms with Gasteiger partial charge in [-0.05, 0) is 68.5 Å². The van der Waals surface area contributed by atoms with Crippen molar-refractivity contribution >= 4 is 10.9 Å². The molecule has 150 valence electrons. The number of methoxy groups -OCH3 is 1. The Labute approximate surface area is 167 Å². The van der Waals surface area contributed by atoms with E-state index in [4.69, 9.17) is 4.74 Å². The summed E-state index contributed by atoms with van der Waals surface area (Å²) in [6.45, 7) is 11.7. The number of aromatic nitrogens is 1. The normalized spacial score (nSPS) is 22.0. The van der Waals surface area contributed by atoms with Gasteiger partial charge in [-0.1, -0.05) is 24.3 Å². The van der Waals surface area contributed by atoms with Crippen molar-refractivity contribution in [1.82, 2.24) is 9.88 Å². The maximum atomic E-state index is 13.5. The molecule has 1 aliphatic rings. The van der Waals surface area contributed by atoms with Gasteiger partial charge in [0.2, 0.25) is 0 Å². The van der Waals surface area contributed by atoms with Gasteiger partial charge in [-0.3, -0.25) is 4.90 Å². The van der Waals surface area contributed by atoms with E-state index in [0.717, 1.165) is 31.5 Å². The number of hydrogen-bond donors (Lipinski definition) is 1. The zero-order valence-electron chi connectivity index (χ0n) is 17.4. The molecule has 3 rings (SSSR count). The fourth-order valence-corrected chi connectivity index (χ4v) is 4.31. The summed E-state index contributed by atoms with van der Waals surface area (Å²) in [5, 5.41) is 1.30. The summed E-state index contributed by atoms with van der Waals surface area (Å²) in [6.07, 6.45) is 8.80. The molecule has 1 aliphatic heterocycles. The Morgan fingerprint density at radius 1 is 1.36 bits per heavy atom. The number of piperidine rings is 1. The molecule has 1 aromatic carbocycles. The number of rotatable bonds is 6. The highest BCUT2D eigenvalue weighted by Crippen LogP contribution is 2.31. The lowest BCUT2D eigenvalue weighted by atomic mass is 9.91. The van der Waals surface area contributed by atoms with E-state index in [1.807, 2.05) is 12.3 Å². The number of halogens is 1. The lowest BCUT2D eigenvalue weighted by Gasteiger charge is -2.40. The summed E-state index contributed by atoms with van der Waals surface area (Å²) in [5.41, 5.74) is 6.32. The molecule has 1 saturated heterocycles. The minimum absolute atomic E-state index is 0.224. The van der Waals surface area contributed by atoms with Crippen molar-refractivity contribution in [2.75, 3.05) is 13.7 Å². The van der Waals surface area contributed by atoms with Crippen LogP contribution in [-0.4, -0.2) is 35.7 Å². The maximum Gasteiger partial charge on any atom is 0.122 e. The Balaban J connectivity index is 1.93. The Kier molecular flexibility index (Phi) is 6.53. The molecule has 1 N–H and O–H groups in total. The number of ether oxygens (including phenoxy) is 1. The third-order valence-corrected chi connectivity index (χ3v) is 5.96. The predicted octanol–water partition coefficient (Wildman–Crippen LogP) is 5.75. The molecule has 0 saturated carbocycles. The van der Waals surface area contributed by atoms with Crippen LogP contribution in [0.4, 0.5) is 4.39 Å². The van der Waals surface area contributed by atoms with Crippen molar-refractivity contribution in [1.29, 1.82) is 0 Å². The van der Waals surface area contributed by atoms with Gasteiger partial charge >= 0.3 is 0 Å². The average molecular weight is 383 g/mol. The number of aromatic amines is 1. The zero-order valence-corrected chi connectivity index (χ0v) is 17.4. The fraction of sp³-hybridized carbons (Fsp3) is 0.417. The van der Waals surface area contributed by atoms with Crippen LogP contribution >= 0.6 is 0 Å².